The van der Waals surface area contributed by atoms with Gasteiger partial charge in [-0.2, -0.15) is 0 Å². The number of anilines is 1. The Hall–Kier alpha value is -4.74. The maximum Gasteiger partial charge on any atom is 0.269 e. The third-order valence-electron chi connectivity index (χ3n) is 7.44. The molecule has 2 aliphatic heterocycles. The standard InChI is InChI=1S/C30H35N7O5/c1-19-15-21-16-22(9-11-25(21)42-19)33-30(35-27(39)20-8-10-23(32-17-20)28(40)31-2)34-24-7-3-4-14-37(29(24)41)18-26(38)36-12-5-6-13-36/h8-11,15-17,24H,3-7,12-14,18H2,1-2H3,(H,31,40)(H2,33,34,35,39). The van der Waals surface area contributed by atoms with Gasteiger partial charge in [0.2, 0.25) is 17.8 Å². The van der Waals surface area contributed by atoms with Crippen LogP contribution in [0.3, 0.4) is 0 Å². The number of furan rings is 1. The van der Waals surface area contributed by atoms with E-state index in [1.54, 1.807) is 15.9 Å². The van der Waals surface area contributed by atoms with Crippen molar-refractivity contribution in [2.45, 2.75) is 45.1 Å². The first kappa shape index (κ1) is 28.8. The van der Waals surface area contributed by atoms with Crippen molar-refractivity contribution < 1.29 is 23.6 Å². The summed E-state index contributed by atoms with van der Waals surface area (Å²) in [5.41, 5.74) is 1.75. The average Bonchev–Trinajstić information content (AvgIpc) is 3.63. The zero-order valence-electron chi connectivity index (χ0n) is 23.8. The number of carbonyl (C=O) groups excluding carboxylic acids is 4. The van der Waals surface area contributed by atoms with Gasteiger partial charge in [-0.3, -0.25) is 29.5 Å². The Balaban J connectivity index is 1.39. The highest BCUT2D eigenvalue weighted by atomic mass is 16.3. The summed E-state index contributed by atoms with van der Waals surface area (Å²) in [6.07, 6.45) is 5.27. The van der Waals surface area contributed by atoms with Gasteiger partial charge in [-0.15, -0.1) is 0 Å². The number of nitrogens with one attached hydrogen (secondary N) is 3. The van der Waals surface area contributed by atoms with Crippen LogP contribution in [0.15, 0.2) is 52.0 Å². The normalized spacial score (nSPS) is 17.7. The molecule has 0 bridgehead atoms. The van der Waals surface area contributed by atoms with Crippen molar-refractivity contribution in [3.8, 4) is 0 Å². The average molecular weight is 574 g/mol. The molecular formula is C30H35N7O5. The van der Waals surface area contributed by atoms with Crippen molar-refractivity contribution in [1.82, 2.24) is 25.4 Å². The number of guanidine groups is 1. The molecule has 1 aromatic carbocycles. The summed E-state index contributed by atoms with van der Waals surface area (Å²) in [6, 6.07) is 9.54. The van der Waals surface area contributed by atoms with E-state index in [4.69, 9.17) is 4.42 Å². The molecular weight excluding hydrogens is 538 g/mol. The topological polar surface area (TPSA) is 149 Å². The molecule has 1 unspecified atom stereocenters. The van der Waals surface area contributed by atoms with E-state index in [-0.39, 0.29) is 41.5 Å². The third kappa shape index (κ3) is 6.76. The first-order valence-electron chi connectivity index (χ1n) is 14.2. The molecule has 2 fully saturated rings. The van der Waals surface area contributed by atoms with Crippen LogP contribution in [0.25, 0.3) is 11.0 Å². The second kappa shape index (κ2) is 12.8. The van der Waals surface area contributed by atoms with Crippen molar-refractivity contribution in [2.24, 2.45) is 4.99 Å². The quantitative estimate of drug-likeness (QED) is 0.303. The van der Waals surface area contributed by atoms with E-state index < -0.39 is 11.9 Å². The van der Waals surface area contributed by atoms with E-state index in [0.717, 1.165) is 55.5 Å². The number of pyridine rings is 1. The lowest BCUT2D eigenvalue weighted by Gasteiger charge is -2.25. The fourth-order valence-electron chi connectivity index (χ4n) is 5.20. The highest BCUT2D eigenvalue weighted by Gasteiger charge is 2.30. The van der Waals surface area contributed by atoms with Gasteiger partial charge in [-0.05, 0) is 75.4 Å². The molecule has 0 aliphatic carbocycles. The molecule has 5 rings (SSSR count). The van der Waals surface area contributed by atoms with Crippen LogP contribution in [0, 0.1) is 6.92 Å². The minimum Gasteiger partial charge on any atom is -0.461 e. The van der Waals surface area contributed by atoms with Crippen LogP contribution < -0.4 is 16.0 Å². The van der Waals surface area contributed by atoms with Crippen molar-refractivity contribution in [2.75, 3.05) is 38.5 Å². The molecule has 4 heterocycles. The number of carbonyl (C=O) groups is 4. The van der Waals surface area contributed by atoms with Gasteiger partial charge in [0.05, 0.1) is 12.1 Å². The van der Waals surface area contributed by atoms with Crippen molar-refractivity contribution in [3.63, 3.8) is 0 Å². The highest BCUT2D eigenvalue weighted by Crippen LogP contribution is 2.23. The Kier molecular flexibility index (Phi) is 8.80. The number of rotatable bonds is 6. The van der Waals surface area contributed by atoms with Gasteiger partial charge < -0.3 is 24.9 Å². The number of aryl methyl sites for hydroxylation is 1. The number of hydrogen-bond donors (Lipinski definition) is 3. The van der Waals surface area contributed by atoms with Crippen molar-refractivity contribution in [1.29, 1.82) is 0 Å². The van der Waals surface area contributed by atoms with Crippen molar-refractivity contribution in [3.05, 3.63) is 59.6 Å². The zero-order valence-corrected chi connectivity index (χ0v) is 23.8. The number of nitrogens with zero attached hydrogens (tertiary/aromatic N) is 4. The molecule has 0 saturated carbocycles. The summed E-state index contributed by atoms with van der Waals surface area (Å²) >= 11 is 0. The molecule has 0 spiro atoms. The van der Waals surface area contributed by atoms with E-state index >= 15 is 0 Å². The predicted molar refractivity (Wildman–Crippen MR) is 157 cm³/mol. The van der Waals surface area contributed by atoms with Crippen LogP contribution in [-0.2, 0) is 9.59 Å². The Bertz CT molecular complexity index is 1510. The summed E-state index contributed by atoms with van der Waals surface area (Å²) in [4.78, 5) is 63.6. The van der Waals surface area contributed by atoms with E-state index in [1.165, 1.54) is 25.4 Å². The second-order valence-corrected chi connectivity index (χ2v) is 10.5. The lowest BCUT2D eigenvalue weighted by molar-refractivity contribution is -0.140. The number of likely N-dealkylation sites (tertiary alicyclic amines) is 2. The summed E-state index contributed by atoms with van der Waals surface area (Å²) in [5.74, 6) is -0.319. The maximum absolute atomic E-state index is 13.6. The Labute approximate surface area is 243 Å². The molecule has 3 aromatic rings. The molecule has 2 saturated heterocycles. The molecule has 1 atom stereocenters. The number of benzene rings is 1. The lowest BCUT2D eigenvalue weighted by atomic mass is 10.1. The number of aliphatic imine (C=N–C) groups is 1. The molecule has 2 aliphatic rings. The SMILES string of the molecule is CNC(=O)c1ccc(C(=O)NC(=NC2CCCCN(CC(=O)N3CCCC3)C2=O)Nc2ccc3oc(C)cc3c2)cn1. The molecule has 4 amide bonds. The van der Waals surface area contributed by atoms with E-state index in [9.17, 15) is 19.2 Å². The van der Waals surface area contributed by atoms with E-state index in [2.05, 4.69) is 25.9 Å². The largest absolute Gasteiger partial charge is 0.461 e. The molecule has 12 heteroatoms. The molecule has 3 N–H and O–H groups in total. The molecule has 42 heavy (non-hydrogen) atoms. The van der Waals surface area contributed by atoms with Gasteiger partial charge in [-0.1, -0.05) is 0 Å². The van der Waals surface area contributed by atoms with Gasteiger partial charge in [0.1, 0.15) is 23.1 Å². The zero-order chi connectivity index (χ0) is 29.6. The number of fused-ring (bicyclic) bond motifs is 1. The summed E-state index contributed by atoms with van der Waals surface area (Å²) in [7, 11) is 1.50. The molecule has 2 aromatic heterocycles. The second-order valence-electron chi connectivity index (χ2n) is 10.5. The smallest absolute Gasteiger partial charge is 0.269 e. The minimum atomic E-state index is -0.782. The number of amides is 4. The van der Waals surface area contributed by atoms with Crippen LogP contribution in [0.1, 0.15) is 58.7 Å². The third-order valence-corrected chi connectivity index (χ3v) is 7.44. The Morgan fingerprint density at radius 2 is 1.81 bits per heavy atom. The maximum atomic E-state index is 13.6. The van der Waals surface area contributed by atoms with Crippen LogP contribution in [-0.4, -0.2) is 83.6 Å². The number of aromatic nitrogens is 1. The van der Waals surface area contributed by atoms with Crippen LogP contribution >= 0.6 is 0 Å². The van der Waals surface area contributed by atoms with Gasteiger partial charge >= 0.3 is 0 Å². The van der Waals surface area contributed by atoms with Gasteiger partial charge in [-0.25, -0.2) is 4.99 Å². The van der Waals surface area contributed by atoms with E-state index in [1.807, 2.05) is 25.1 Å². The van der Waals surface area contributed by atoms with E-state index in [0.29, 0.717) is 18.7 Å². The minimum absolute atomic E-state index is 0.0276. The van der Waals surface area contributed by atoms with Crippen LogP contribution in [0.4, 0.5) is 5.69 Å². The number of hydrogen-bond acceptors (Lipinski definition) is 7. The van der Waals surface area contributed by atoms with Crippen LogP contribution in [0.2, 0.25) is 0 Å². The summed E-state index contributed by atoms with van der Waals surface area (Å²) in [5, 5.41) is 9.29. The van der Waals surface area contributed by atoms with Gasteiger partial charge in [0.25, 0.3) is 11.8 Å². The predicted octanol–water partition coefficient (Wildman–Crippen LogP) is 2.70. The summed E-state index contributed by atoms with van der Waals surface area (Å²) < 4.78 is 5.67. The fraction of sp³-hybridized carbons (Fsp3) is 0.400. The molecule has 220 valence electrons. The van der Waals surface area contributed by atoms with Crippen molar-refractivity contribution >= 4 is 46.2 Å². The lowest BCUT2D eigenvalue weighted by Crippen LogP contribution is -2.45. The highest BCUT2D eigenvalue weighted by molar-refractivity contribution is 6.11. The molecule has 12 nitrogen and oxygen atoms in total. The first-order valence-corrected chi connectivity index (χ1v) is 14.2. The van der Waals surface area contributed by atoms with Crippen LogP contribution in [0.5, 0.6) is 0 Å². The molecule has 0 radical (unpaired) electrons. The first-order chi connectivity index (χ1) is 20.3. The fourth-order valence-corrected chi connectivity index (χ4v) is 5.20. The van der Waals surface area contributed by atoms with Gasteiger partial charge in [0.15, 0.2) is 0 Å². The monoisotopic (exact) mass is 573 g/mol. The summed E-state index contributed by atoms with van der Waals surface area (Å²) in [6.45, 7) is 3.82. The Morgan fingerprint density at radius 3 is 2.55 bits per heavy atom. The van der Waals surface area contributed by atoms with Gasteiger partial charge in [0, 0.05) is 44.0 Å². The Morgan fingerprint density at radius 1 is 1.02 bits per heavy atom.